The van der Waals surface area contributed by atoms with Crippen LogP contribution in [0.15, 0.2) is 11.0 Å². The molecule has 1 N–H and O–H groups in total. The largest absolute Gasteiger partial charge is 0.381 e. The summed E-state index contributed by atoms with van der Waals surface area (Å²) in [7, 11) is -3.47. The minimum atomic E-state index is -3.47. The molecule has 2 aromatic rings. The predicted octanol–water partition coefficient (Wildman–Crippen LogP) is 0.193. The van der Waals surface area contributed by atoms with Crippen molar-refractivity contribution in [1.82, 2.24) is 24.6 Å². The quantitative estimate of drug-likeness (QED) is 0.710. The van der Waals surface area contributed by atoms with Gasteiger partial charge in [-0.25, -0.2) is 9.67 Å². The van der Waals surface area contributed by atoms with Crippen LogP contribution in [0.25, 0.3) is 11.0 Å². The number of aromatic amines is 1. The first-order valence-electron chi connectivity index (χ1n) is 8.99. The molecule has 0 bridgehead atoms. The number of H-pyrrole nitrogens is 1. The average molecular weight is 397 g/mol. The van der Waals surface area contributed by atoms with E-state index in [2.05, 4.69) is 15.1 Å². The molecule has 0 radical (unpaired) electrons. The highest BCUT2D eigenvalue weighted by atomic mass is 32.2. The Morgan fingerprint density at radius 1 is 1.33 bits per heavy atom. The van der Waals surface area contributed by atoms with Gasteiger partial charge < -0.3 is 9.72 Å². The molecule has 27 heavy (non-hydrogen) atoms. The van der Waals surface area contributed by atoms with Gasteiger partial charge in [0.2, 0.25) is 0 Å². The zero-order valence-corrected chi connectivity index (χ0v) is 16.1. The topological polar surface area (TPSA) is 119 Å². The molecule has 2 aliphatic rings. The number of rotatable bonds is 5. The molecular weight excluding hydrogens is 374 g/mol. The number of fused-ring (bicyclic) bond motifs is 1. The highest BCUT2D eigenvalue weighted by Gasteiger charge is 2.35. The van der Waals surface area contributed by atoms with Gasteiger partial charge in [-0.1, -0.05) is 0 Å². The monoisotopic (exact) mass is 397 g/mol. The predicted molar refractivity (Wildman–Crippen MR) is 96.9 cm³/mol. The van der Waals surface area contributed by atoms with Crippen LogP contribution >= 0.6 is 0 Å². The van der Waals surface area contributed by atoms with E-state index in [-0.39, 0.29) is 23.7 Å². The van der Waals surface area contributed by atoms with Crippen molar-refractivity contribution in [2.45, 2.75) is 38.0 Å². The van der Waals surface area contributed by atoms with Gasteiger partial charge in [0, 0.05) is 26.3 Å². The highest BCUT2D eigenvalue weighted by molar-refractivity contribution is 7.86. The molecule has 2 aliphatic heterocycles. The molecule has 0 amide bonds. The number of hydrogen-bond acceptors (Lipinski definition) is 8. The first kappa shape index (κ1) is 18.5. The molecule has 0 spiro atoms. The van der Waals surface area contributed by atoms with Crippen LogP contribution < -0.4 is 5.56 Å². The van der Waals surface area contributed by atoms with E-state index in [0.29, 0.717) is 43.2 Å². The lowest BCUT2D eigenvalue weighted by atomic mass is 10.1. The lowest BCUT2D eigenvalue weighted by Gasteiger charge is -2.41. The van der Waals surface area contributed by atoms with Crippen molar-refractivity contribution in [2.24, 2.45) is 0 Å². The molecule has 0 aliphatic carbocycles. The van der Waals surface area contributed by atoms with Gasteiger partial charge >= 0.3 is 0 Å². The molecule has 148 valence electrons. The molecular formula is C16H23N5O5S. The van der Waals surface area contributed by atoms with Gasteiger partial charge in [-0.05, 0) is 19.8 Å². The number of hydrogen-bond donors (Lipinski definition) is 1. The first-order chi connectivity index (χ1) is 12.8. The fourth-order valence-corrected chi connectivity index (χ4v) is 4.23. The van der Waals surface area contributed by atoms with E-state index in [0.717, 1.165) is 19.1 Å². The lowest BCUT2D eigenvalue weighted by Crippen LogP contribution is -2.53. The maximum atomic E-state index is 12.5. The van der Waals surface area contributed by atoms with Gasteiger partial charge in [-0.2, -0.15) is 13.5 Å². The van der Waals surface area contributed by atoms with Gasteiger partial charge in [0.15, 0.2) is 5.65 Å². The third-order valence-electron chi connectivity index (χ3n) is 5.15. The molecule has 0 saturated carbocycles. The maximum Gasteiger partial charge on any atom is 0.264 e. The summed E-state index contributed by atoms with van der Waals surface area (Å²) in [4.78, 5) is 22.0. The van der Waals surface area contributed by atoms with Crippen molar-refractivity contribution >= 4 is 21.2 Å². The third-order valence-corrected chi connectivity index (χ3v) is 5.77. The third kappa shape index (κ3) is 3.77. The second-order valence-electron chi connectivity index (χ2n) is 7.17. The fourth-order valence-electron chi connectivity index (χ4n) is 3.61. The van der Waals surface area contributed by atoms with E-state index in [9.17, 15) is 13.2 Å². The fraction of sp³-hybridized carbons (Fsp3) is 0.688. The minimum Gasteiger partial charge on any atom is -0.381 e. The molecule has 4 heterocycles. The Morgan fingerprint density at radius 2 is 2.04 bits per heavy atom. The van der Waals surface area contributed by atoms with Crippen LogP contribution in [0, 0.1) is 0 Å². The Labute approximate surface area is 156 Å². The Morgan fingerprint density at radius 3 is 2.70 bits per heavy atom. The van der Waals surface area contributed by atoms with Crippen molar-refractivity contribution in [3.8, 4) is 0 Å². The van der Waals surface area contributed by atoms with E-state index in [4.69, 9.17) is 8.92 Å². The number of ether oxygens (including phenoxy) is 1. The summed E-state index contributed by atoms with van der Waals surface area (Å²) in [6.07, 6.45) is 3.93. The van der Waals surface area contributed by atoms with Crippen LogP contribution in [0.2, 0.25) is 0 Å². The summed E-state index contributed by atoms with van der Waals surface area (Å²) in [5.41, 5.74) is 0.363. The molecule has 1 atom stereocenters. The molecule has 2 aromatic heterocycles. The molecule has 10 nitrogen and oxygen atoms in total. The molecule has 4 rings (SSSR count). The normalized spacial score (nSPS) is 21.4. The van der Waals surface area contributed by atoms with Crippen LogP contribution in [0.4, 0.5) is 0 Å². The number of nitrogens with one attached hydrogen (secondary N) is 1. The van der Waals surface area contributed by atoms with Crippen LogP contribution in [-0.4, -0.2) is 71.7 Å². The molecule has 2 saturated heterocycles. The highest BCUT2D eigenvalue weighted by Crippen LogP contribution is 2.27. The van der Waals surface area contributed by atoms with E-state index < -0.39 is 10.1 Å². The minimum absolute atomic E-state index is 0.167. The maximum absolute atomic E-state index is 12.5. The summed E-state index contributed by atoms with van der Waals surface area (Å²) in [5, 5.41) is 4.86. The molecule has 2 fully saturated rings. The van der Waals surface area contributed by atoms with Crippen molar-refractivity contribution in [1.29, 1.82) is 0 Å². The van der Waals surface area contributed by atoms with Crippen molar-refractivity contribution in [2.75, 3.05) is 32.6 Å². The molecule has 11 heteroatoms. The van der Waals surface area contributed by atoms with Gasteiger partial charge in [-0.15, -0.1) is 0 Å². The van der Waals surface area contributed by atoms with Crippen LogP contribution in [-0.2, 0) is 19.0 Å². The van der Waals surface area contributed by atoms with Crippen molar-refractivity contribution < 1.29 is 17.3 Å². The molecule has 1 unspecified atom stereocenters. The Kier molecular flexibility index (Phi) is 4.78. The van der Waals surface area contributed by atoms with E-state index in [1.54, 1.807) is 6.20 Å². The summed E-state index contributed by atoms with van der Waals surface area (Å²) in [6.45, 7) is 4.21. The van der Waals surface area contributed by atoms with Gasteiger partial charge in [0.1, 0.15) is 17.3 Å². The number of nitrogens with zero attached hydrogens (tertiary/aromatic N) is 4. The summed E-state index contributed by atoms with van der Waals surface area (Å²) >= 11 is 0. The first-order valence-corrected chi connectivity index (χ1v) is 10.8. The smallest absolute Gasteiger partial charge is 0.264 e. The Balaban J connectivity index is 1.56. The zero-order valence-electron chi connectivity index (χ0n) is 15.3. The van der Waals surface area contributed by atoms with Crippen molar-refractivity contribution in [3.63, 3.8) is 0 Å². The Bertz CT molecular complexity index is 988. The van der Waals surface area contributed by atoms with Crippen LogP contribution in [0.3, 0.4) is 0 Å². The summed E-state index contributed by atoms with van der Waals surface area (Å²) in [5.74, 6) is 0.541. The number of likely N-dealkylation sites (tertiary alicyclic amines) is 1. The Hall–Kier alpha value is -1.82. The SMILES string of the molecule is CC(c1nc2c(cnn2C2CCOCC2)c(=O)[nH]1)N1CC(OS(C)(=O)=O)C1. The summed E-state index contributed by atoms with van der Waals surface area (Å²) < 4.78 is 34.6. The van der Waals surface area contributed by atoms with Gasteiger partial charge in [-0.3, -0.25) is 13.9 Å². The van der Waals surface area contributed by atoms with Crippen molar-refractivity contribution in [3.05, 3.63) is 22.4 Å². The second-order valence-corrected chi connectivity index (χ2v) is 8.77. The van der Waals surface area contributed by atoms with E-state index in [1.807, 2.05) is 16.5 Å². The zero-order chi connectivity index (χ0) is 19.2. The van der Waals surface area contributed by atoms with Crippen LogP contribution in [0.5, 0.6) is 0 Å². The lowest BCUT2D eigenvalue weighted by molar-refractivity contribution is -0.00316. The van der Waals surface area contributed by atoms with E-state index >= 15 is 0 Å². The standard InChI is InChI=1S/C16H23N5O5S/c1-10(20-8-12(9-20)26-27(2,23)24)14-18-15-13(16(22)19-14)7-17-21(15)11-3-5-25-6-4-11/h7,10-12H,3-6,8-9H2,1-2H3,(H,18,19,22). The number of aromatic nitrogens is 4. The van der Waals surface area contributed by atoms with Gasteiger partial charge in [0.25, 0.3) is 15.7 Å². The molecule has 0 aromatic carbocycles. The van der Waals surface area contributed by atoms with E-state index in [1.165, 1.54) is 0 Å². The average Bonchev–Trinajstić information content (AvgIpc) is 3.01. The second kappa shape index (κ2) is 6.97. The summed E-state index contributed by atoms with van der Waals surface area (Å²) in [6, 6.07) is 0.00445. The van der Waals surface area contributed by atoms with Crippen LogP contribution in [0.1, 0.15) is 37.7 Å². The van der Waals surface area contributed by atoms with Gasteiger partial charge in [0.05, 0.1) is 24.5 Å².